The zero-order valence-electron chi connectivity index (χ0n) is 11.1. The van der Waals surface area contributed by atoms with Crippen LogP contribution in [-0.2, 0) is 17.6 Å². The van der Waals surface area contributed by atoms with Crippen molar-refractivity contribution in [2.24, 2.45) is 5.84 Å². The number of hydrazine groups is 1. The zero-order valence-corrected chi connectivity index (χ0v) is 11.1. The summed E-state index contributed by atoms with van der Waals surface area (Å²) in [5.41, 5.74) is 5.25. The highest BCUT2D eigenvalue weighted by Crippen LogP contribution is 2.18. The lowest BCUT2D eigenvalue weighted by Crippen LogP contribution is -2.39. The predicted molar refractivity (Wildman–Crippen MR) is 72.0 cm³/mol. The van der Waals surface area contributed by atoms with Crippen LogP contribution in [0, 0.1) is 0 Å². The van der Waals surface area contributed by atoms with Crippen molar-refractivity contribution in [2.45, 2.75) is 51.2 Å². The van der Waals surface area contributed by atoms with E-state index in [0.717, 1.165) is 38.0 Å². The van der Waals surface area contributed by atoms with Gasteiger partial charge in [-0.15, -0.1) is 0 Å². The molecule has 2 rings (SSSR count). The van der Waals surface area contributed by atoms with E-state index in [9.17, 15) is 0 Å². The molecule has 2 heterocycles. The van der Waals surface area contributed by atoms with Crippen LogP contribution in [0.1, 0.15) is 37.4 Å². The van der Waals surface area contributed by atoms with Gasteiger partial charge in [-0.1, -0.05) is 13.0 Å². The summed E-state index contributed by atoms with van der Waals surface area (Å²) in [6.45, 7) is 3.03. The normalized spacial score (nSPS) is 21.1. The van der Waals surface area contributed by atoms with Crippen LogP contribution in [0.15, 0.2) is 18.3 Å². The molecule has 1 saturated heterocycles. The number of hydrogen-bond donors (Lipinski definition) is 2. The monoisotopic (exact) mass is 249 g/mol. The first-order valence-corrected chi connectivity index (χ1v) is 6.83. The second-order valence-electron chi connectivity index (χ2n) is 4.95. The molecule has 1 aliphatic heterocycles. The van der Waals surface area contributed by atoms with Gasteiger partial charge in [-0.05, 0) is 37.3 Å². The standard InChI is InChI=1S/C14H23N3O/c1-2-11-5-6-12(16-10-11)8-13(17-15)9-14-4-3-7-18-14/h5-6,10,13-14,17H,2-4,7-9,15H2,1H3. The molecule has 0 radical (unpaired) electrons. The third-order valence-corrected chi connectivity index (χ3v) is 3.56. The van der Waals surface area contributed by atoms with Crippen molar-refractivity contribution in [3.8, 4) is 0 Å². The maximum atomic E-state index is 5.64. The maximum absolute atomic E-state index is 5.64. The largest absolute Gasteiger partial charge is 0.378 e. The smallest absolute Gasteiger partial charge is 0.0591 e. The molecule has 18 heavy (non-hydrogen) atoms. The van der Waals surface area contributed by atoms with Crippen LogP contribution in [0.3, 0.4) is 0 Å². The molecule has 3 N–H and O–H groups in total. The summed E-state index contributed by atoms with van der Waals surface area (Å²) < 4.78 is 5.64. The van der Waals surface area contributed by atoms with Crippen molar-refractivity contribution in [1.29, 1.82) is 0 Å². The van der Waals surface area contributed by atoms with Crippen LogP contribution in [0.2, 0.25) is 0 Å². The summed E-state index contributed by atoms with van der Waals surface area (Å²) in [4.78, 5) is 4.48. The first-order valence-electron chi connectivity index (χ1n) is 6.83. The molecule has 100 valence electrons. The lowest BCUT2D eigenvalue weighted by Gasteiger charge is -2.19. The number of ether oxygens (including phenoxy) is 1. The summed E-state index contributed by atoms with van der Waals surface area (Å²) in [6, 6.07) is 4.48. The Labute approximate surface area is 109 Å². The molecule has 4 nitrogen and oxygen atoms in total. The van der Waals surface area contributed by atoms with Crippen molar-refractivity contribution in [3.05, 3.63) is 29.6 Å². The predicted octanol–water partition coefficient (Wildman–Crippen LogP) is 1.59. The molecule has 0 aliphatic carbocycles. The van der Waals surface area contributed by atoms with Crippen LogP contribution in [0.25, 0.3) is 0 Å². The number of aryl methyl sites for hydroxylation is 1. The summed E-state index contributed by atoms with van der Waals surface area (Å²) in [5.74, 6) is 5.62. The Morgan fingerprint density at radius 1 is 1.56 bits per heavy atom. The van der Waals surface area contributed by atoms with Gasteiger partial charge in [0.15, 0.2) is 0 Å². The third kappa shape index (κ3) is 3.77. The molecule has 2 unspecified atom stereocenters. The van der Waals surface area contributed by atoms with Crippen LogP contribution in [0.5, 0.6) is 0 Å². The highest BCUT2D eigenvalue weighted by atomic mass is 16.5. The number of hydrogen-bond acceptors (Lipinski definition) is 4. The molecular weight excluding hydrogens is 226 g/mol. The van der Waals surface area contributed by atoms with Gasteiger partial charge in [0.2, 0.25) is 0 Å². The van der Waals surface area contributed by atoms with Crippen LogP contribution < -0.4 is 11.3 Å². The van der Waals surface area contributed by atoms with Gasteiger partial charge in [0, 0.05) is 31.0 Å². The van der Waals surface area contributed by atoms with E-state index in [4.69, 9.17) is 10.6 Å². The molecule has 0 saturated carbocycles. The molecule has 0 aromatic carbocycles. The topological polar surface area (TPSA) is 60.2 Å². The molecule has 1 fully saturated rings. The van der Waals surface area contributed by atoms with E-state index in [1.165, 1.54) is 12.0 Å². The fraction of sp³-hybridized carbons (Fsp3) is 0.643. The Morgan fingerprint density at radius 3 is 3.00 bits per heavy atom. The van der Waals surface area contributed by atoms with Crippen LogP contribution in [-0.4, -0.2) is 23.7 Å². The van der Waals surface area contributed by atoms with E-state index < -0.39 is 0 Å². The third-order valence-electron chi connectivity index (χ3n) is 3.56. The van der Waals surface area contributed by atoms with Crippen molar-refractivity contribution < 1.29 is 4.74 Å². The fourth-order valence-corrected chi connectivity index (χ4v) is 2.40. The number of nitrogens with zero attached hydrogens (tertiary/aromatic N) is 1. The summed E-state index contributed by atoms with van der Waals surface area (Å²) in [5, 5.41) is 0. The van der Waals surface area contributed by atoms with Gasteiger partial charge in [0.1, 0.15) is 0 Å². The van der Waals surface area contributed by atoms with E-state index in [1.807, 2.05) is 6.20 Å². The highest BCUT2D eigenvalue weighted by Gasteiger charge is 2.20. The minimum Gasteiger partial charge on any atom is -0.378 e. The number of rotatable bonds is 6. The number of pyridine rings is 1. The van der Waals surface area contributed by atoms with E-state index >= 15 is 0 Å². The second-order valence-corrected chi connectivity index (χ2v) is 4.95. The molecule has 0 bridgehead atoms. The summed E-state index contributed by atoms with van der Waals surface area (Å²) in [7, 11) is 0. The zero-order chi connectivity index (χ0) is 12.8. The van der Waals surface area contributed by atoms with Gasteiger partial charge in [-0.25, -0.2) is 0 Å². The van der Waals surface area contributed by atoms with Crippen molar-refractivity contribution in [2.75, 3.05) is 6.61 Å². The molecule has 1 aromatic heterocycles. The van der Waals surface area contributed by atoms with Crippen molar-refractivity contribution in [3.63, 3.8) is 0 Å². The number of nitrogens with two attached hydrogens (primary N) is 1. The Balaban J connectivity index is 1.87. The quantitative estimate of drug-likeness (QED) is 0.594. The van der Waals surface area contributed by atoms with Gasteiger partial charge in [0.05, 0.1) is 6.10 Å². The van der Waals surface area contributed by atoms with Crippen LogP contribution >= 0.6 is 0 Å². The van der Waals surface area contributed by atoms with Crippen molar-refractivity contribution >= 4 is 0 Å². The minimum atomic E-state index is 0.244. The van der Waals surface area contributed by atoms with Gasteiger partial charge in [-0.2, -0.15) is 0 Å². The average Bonchev–Trinajstić information content (AvgIpc) is 2.91. The lowest BCUT2D eigenvalue weighted by atomic mass is 10.0. The van der Waals surface area contributed by atoms with Gasteiger partial charge < -0.3 is 4.74 Å². The molecular formula is C14H23N3O. The molecule has 0 spiro atoms. The van der Waals surface area contributed by atoms with E-state index in [1.54, 1.807) is 0 Å². The molecule has 1 aromatic rings. The van der Waals surface area contributed by atoms with E-state index in [2.05, 4.69) is 29.5 Å². The lowest BCUT2D eigenvalue weighted by molar-refractivity contribution is 0.0945. The molecule has 2 atom stereocenters. The fourth-order valence-electron chi connectivity index (χ4n) is 2.40. The SMILES string of the molecule is CCc1ccc(CC(CC2CCCO2)NN)nc1. The van der Waals surface area contributed by atoms with Crippen LogP contribution in [0.4, 0.5) is 0 Å². The van der Waals surface area contributed by atoms with Gasteiger partial charge in [0.25, 0.3) is 0 Å². The van der Waals surface area contributed by atoms with Crippen molar-refractivity contribution in [1.82, 2.24) is 10.4 Å². The first kappa shape index (κ1) is 13.5. The first-order chi connectivity index (χ1) is 8.81. The highest BCUT2D eigenvalue weighted by molar-refractivity contribution is 5.14. The Morgan fingerprint density at radius 2 is 2.44 bits per heavy atom. The van der Waals surface area contributed by atoms with Gasteiger partial charge in [-0.3, -0.25) is 16.3 Å². The average molecular weight is 249 g/mol. The maximum Gasteiger partial charge on any atom is 0.0591 e. The second kappa shape index (κ2) is 6.83. The number of aromatic nitrogens is 1. The number of nitrogens with one attached hydrogen (secondary N) is 1. The molecule has 4 heteroatoms. The Kier molecular flexibility index (Phi) is 5.11. The Bertz CT molecular complexity index is 347. The van der Waals surface area contributed by atoms with E-state index in [0.29, 0.717) is 6.10 Å². The summed E-state index contributed by atoms with van der Waals surface area (Å²) in [6.07, 6.45) is 7.50. The summed E-state index contributed by atoms with van der Waals surface area (Å²) >= 11 is 0. The molecule has 0 amide bonds. The van der Waals surface area contributed by atoms with E-state index in [-0.39, 0.29) is 6.04 Å². The Hall–Kier alpha value is -0.970. The minimum absolute atomic E-state index is 0.244. The van der Waals surface area contributed by atoms with Gasteiger partial charge >= 0.3 is 0 Å². The molecule has 1 aliphatic rings.